The summed E-state index contributed by atoms with van der Waals surface area (Å²) in [5, 5.41) is 2.26. The molecule has 0 fully saturated rings. The van der Waals surface area contributed by atoms with Gasteiger partial charge in [0, 0.05) is 12.6 Å². The molecule has 0 aliphatic heterocycles. The molecule has 0 aliphatic rings. The summed E-state index contributed by atoms with van der Waals surface area (Å²) >= 11 is 5.42. The highest BCUT2D eigenvalue weighted by atomic mass is 35.5. The minimum absolute atomic E-state index is 0.172. The van der Waals surface area contributed by atoms with Crippen LogP contribution in [-0.4, -0.2) is 16.5 Å². The van der Waals surface area contributed by atoms with Crippen LogP contribution in [0.2, 0.25) is 5.15 Å². The van der Waals surface area contributed by atoms with Crippen molar-refractivity contribution in [3.8, 4) is 0 Å². The fourth-order valence-corrected chi connectivity index (χ4v) is 0.989. The van der Waals surface area contributed by atoms with E-state index < -0.39 is 11.9 Å². The van der Waals surface area contributed by atoms with E-state index in [0.717, 1.165) is 0 Å². The van der Waals surface area contributed by atoms with Gasteiger partial charge in [-0.05, 0) is 0 Å². The van der Waals surface area contributed by atoms with E-state index >= 15 is 0 Å². The van der Waals surface area contributed by atoms with Crippen LogP contribution < -0.4 is 5.32 Å². The van der Waals surface area contributed by atoms with Gasteiger partial charge in [0.05, 0.1) is 0 Å². The van der Waals surface area contributed by atoms with Crippen molar-refractivity contribution in [2.45, 2.75) is 6.18 Å². The summed E-state index contributed by atoms with van der Waals surface area (Å²) in [5.41, 5.74) is -1.07. The Kier molecular flexibility index (Phi) is 3.52. The van der Waals surface area contributed by atoms with Gasteiger partial charge < -0.3 is 5.32 Å². The molecule has 1 N–H and O–H groups in total. The average Bonchev–Trinajstić information content (AvgIpc) is 2.12. The van der Waals surface area contributed by atoms with Gasteiger partial charge in [-0.2, -0.15) is 13.2 Å². The van der Waals surface area contributed by atoms with E-state index in [1.54, 1.807) is 0 Å². The molecule has 0 saturated heterocycles. The number of hydrogen-bond donors (Lipinski definition) is 1. The lowest BCUT2D eigenvalue weighted by Crippen LogP contribution is -2.12. The molecule has 0 aliphatic carbocycles. The molecule has 0 aromatic carbocycles. The van der Waals surface area contributed by atoms with E-state index in [1.807, 2.05) is 0 Å². The first-order valence-electron chi connectivity index (χ1n) is 3.90. The van der Waals surface area contributed by atoms with Crippen LogP contribution in [0.4, 0.5) is 19.1 Å². The zero-order valence-electron chi connectivity index (χ0n) is 7.48. The third-order valence-corrected chi connectivity index (χ3v) is 1.58. The summed E-state index contributed by atoms with van der Waals surface area (Å²) in [5.74, 6) is -0.172. The largest absolute Gasteiger partial charge is 0.433 e. The third kappa shape index (κ3) is 3.39. The van der Waals surface area contributed by atoms with Gasteiger partial charge in [-0.3, -0.25) is 0 Å². The fourth-order valence-electron chi connectivity index (χ4n) is 0.805. The molecule has 0 amide bonds. The monoisotopic (exact) mass is 237 g/mol. The number of nitrogens with zero attached hydrogens (tertiary/aromatic N) is 2. The Labute approximate surface area is 89.0 Å². The molecule has 3 nitrogen and oxygen atoms in total. The van der Waals surface area contributed by atoms with Crippen LogP contribution in [0.25, 0.3) is 0 Å². The Morgan fingerprint density at radius 3 is 2.67 bits per heavy atom. The van der Waals surface area contributed by atoms with Crippen LogP contribution >= 0.6 is 11.6 Å². The summed E-state index contributed by atoms with van der Waals surface area (Å²) in [6.07, 6.45) is -3.06. The molecule has 0 radical (unpaired) electrons. The van der Waals surface area contributed by atoms with Crippen LogP contribution in [-0.2, 0) is 6.18 Å². The molecule has 1 aromatic rings. The molecule has 82 valence electrons. The topological polar surface area (TPSA) is 37.8 Å². The molecule has 1 rings (SSSR count). The first-order valence-corrected chi connectivity index (χ1v) is 4.28. The highest BCUT2D eigenvalue weighted by Crippen LogP contribution is 2.29. The van der Waals surface area contributed by atoms with Crippen LogP contribution in [0, 0.1) is 0 Å². The van der Waals surface area contributed by atoms with Gasteiger partial charge in [-0.15, -0.1) is 6.58 Å². The molecule has 7 heteroatoms. The van der Waals surface area contributed by atoms with Crippen molar-refractivity contribution in [3.63, 3.8) is 0 Å². The molecular formula is C8H7ClF3N3. The van der Waals surface area contributed by atoms with Crippen molar-refractivity contribution in [1.29, 1.82) is 0 Å². The Hall–Kier alpha value is -1.30. The highest BCUT2D eigenvalue weighted by molar-refractivity contribution is 6.29. The summed E-state index contributed by atoms with van der Waals surface area (Å²) in [6, 6.07) is 0.667. The summed E-state index contributed by atoms with van der Waals surface area (Å²) in [4.78, 5) is 6.84. The van der Waals surface area contributed by atoms with Gasteiger partial charge in [0.2, 0.25) is 5.95 Å². The predicted octanol–water partition coefficient (Wildman–Crippen LogP) is 2.75. The van der Waals surface area contributed by atoms with Crippen molar-refractivity contribution in [1.82, 2.24) is 9.97 Å². The Morgan fingerprint density at radius 1 is 1.47 bits per heavy atom. The maximum atomic E-state index is 12.3. The van der Waals surface area contributed by atoms with Crippen molar-refractivity contribution in [2.75, 3.05) is 11.9 Å². The van der Waals surface area contributed by atoms with E-state index in [4.69, 9.17) is 11.6 Å². The maximum absolute atomic E-state index is 12.3. The van der Waals surface area contributed by atoms with Crippen molar-refractivity contribution < 1.29 is 13.2 Å². The lowest BCUT2D eigenvalue weighted by molar-refractivity contribution is -0.141. The average molecular weight is 238 g/mol. The molecule has 1 aromatic heterocycles. The van der Waals surface area contributed by atoms with E-state index in [1.165, 1.54) is 6.08 Å². The third-order valence-electron chi connectivity index (χ3n) is 1.39. The standard InChI is InChI=1S/C8H7ClF3N3/c1-2-3-13-7-14-5(8(10,11)12)4-6(9)15-7/h2,4H,1,3H2,(H,13,14,15). The highest BCUT2D eigenvalue weighted by Gasteiger charge is 2.33. The van der Waals surface area contributed by atoms with Gasteiger partial charge in [0.15, 0.2) is 5.69 Å². The molecule has 0 atom stereocenters. The number of anilines is 1. The fraction of sp³-hybridized carbons (Fsp3) is 0.250. The second kappa shape index (κ2) is 4.48. The number of alkyl halides is 3. The van der Waals surface area contributed by atoms with Crippen LogP contribution in [0.1, 0.15) is 5.69 Å². The van der Waals surface area contributed by atoms with Crippen LogP contribution in [0.3, 0.4) is 0 Å². The molecule has 0 saturated carbocycles. The van der Waals surface area contributed by atoms with Gasteiger partial charge >= 0.3 is 6.18 Å². The maximum Gasteiger partial charge on any atom is 0.433 e. The SMILES string of the molecule is C=CCNc1nc(Cl)cc(C(F)(F)F)n1. The predicted molar refractivity (Wildman–Crippen MR) is 50.7 cm³/mol. The smallest absolute Gasteiger partial charge is 0.351 e. The molecule has 1 heterocycles. The first kappa shape index (κ1) is 11.8. The van der Waals surface area contributed by atoms with Crippen molar-refractivity contribution in [2.24, 2.45) is 0 Å². The Balaban J connectivity index is 3.00. The van der Waals surface area contributed by atoms with Crippen molar-refractivity contribution >= 4 is 17.5 Å². The molecule has 0 bridgehead atoms. The lowest BCUT2D eigenvalue weighted by Gasteiger charge is -2.08. The minimum atomic E-state index is -4.53. The van der Waals surface area contributed by atoms with Crippen LogP contribution in [0.5, 0.6) is 0 Å². The summed E-state index contributed by atoms with van der Waals surface area (Å²) in [7, 11) is 0. The number of hydrogen-bond acceptors (Lipinski definition) is 3. The normalized spacial score (nSPS) is 11.2. The Bertz CT molecular complexity index is 365. The van der Waals surface area contributed by atoms with Crippen LogP contribution in [0.15, 0.2) is 18.7 Å². The minimum Gasteiger partial charge on any atom is -0.351 e. The summed E-state index contributed by atoms with van der Waals surface area (Å²) < 4.78 is 36.8. The second-order valence-corrected chi connectivity index (χ2v) is 2.95. The van der Waals surface area contributed by atoms with E-state index in [9.17, 15) is 13.2 Å². The van der Waals surface area contributed by atoms with E-state index in [-0.39, 0.29) is 17.6 Å². The van der Waals surface area contributed by atoms with Gasteiger partial charge in [-0.25, -0.2) is 9.97 Å². The number of aromatic nitrogens is 2. The molecule has 15 heavy (non-hydrogen) atoms. The quantitative estimate of drug-likeness (QED) is 0.649. The number of halogens is 4. The lowest BCUT2D eigenvalue weighted by atomic mass is 10.4. The zero-order valence-corrected chi connectivity index (χ0v) is 8.23. The second-order valence-electron chi connectivity index (χ2n) is 2.57. The molecular weight excluding hydrogens is 231 g/mol. The van der Waals surface area contributed by atoms with E-state index in [0.29, 0.717) is 6.07 Å². The Morgan fingerprint density at radius 2 is 2.13 bits per heavy atom. The molecule has 0 spiro atoms. The molecule has 0 unspecified atom stereocenters. The van der Waals surface area contributed by atoms with E-state index in [2.05, 4.69) is 21.9 Å². The van der Waals surface area contributed by atoms with Gasteiger partial charge in [-0.1, -0.05) is 17.7 Å². The summed E-state index contributed by atoms with van der Waals surface area (Å²) in [6.45, 7) is 3.66. The van der Waals surface area contributed by atoms with Gasteiger partial charge in [0.1, 0.15) is 5.15 Å². The van der Waals surface area contributed by atoms with Gasteiger partial charge in [0.25, 0.3) is 0 Å². The van der Waals surface area contributed by atoms with Crippen molar-refractivity contribution in [3.05, 3.63) is 29.6 Å². The number of nitrogens with one attached hydrogen (secondary N) is 1. The zero-order chi connectivity index (χ0) is 11.5. The number of rotatable bonds is 3. The first-order chi connectivity index (χ1) is 6.93.